The molecule has 0 bridgehead atoms. The van der Waals surface area contributed by atoms with Crippen molar-refractivity contribution in [2.45, 2.75) is 37.2 Å². The van der Waals surface area contributed by atoms with Crippen LogP contribution < -0.4 is 10.1 Å². The van der Waals surface area contributed by atoms with E-state index in [0.717, 1.165) is 16.3 Å². The molecule has 3 aromatic heterocycles. The predicted octanol–water partition coefficient (Wildman–Crippen LogP) is 4.62. The van der Waals surface area contributed by atoms with Gasteiger partial charge in [-0.2, -0.15) is 0 Å². The van der Waals surface area contributed by atoms with Crippen molar-refractivity contribution >= 4 is 29.0 Å². The van der Waals surface area contributed by atoms with E-state index in [1.54, 1.807) is 24.9 Å². The van der Waals surface area contributed by atoms with E-state index in [4.69, 9.17) is 4.74 Å². The summed E-state index contributed by atoms with van der Waals surface area (Å²) in [5.41, 5.74) is 1.78. The van der Waals surface area contributed by atoms with Crippen LogP contribution >= 0.6 is 23.1 Å². The van der Waals surface area contributed by atoms with E-state index < -0.39 is 0 Å². The van der Waals surface area contributed by atoms with Crippen LogP contribution in [0.15, 0.2) is 59.3 Å². The molecular weight excluding hydrogens is 456 g/mol. The average molecular weight is 481 g/mol. The van der Waals surface area contributed by atoms with Gasteiger partial charge in [-0.1, -0.05) is 23.9 Å². The van der Waals surface area contributed by atoms with Crippen molar-refractivity contribution in [2.75, 3.05) is 7.11 Å². The Balaban J connectivity index is 1.63. The molecular formula is C23H24N6O2S2. The van der Waals surface area contributed by atoms with Gasteiger partial charge in [-0.25, -0.2) is 4.98 Å². The topological polar surface area (TPSA) is 94.8 Å². The van der Waals surface area contributed by atoms with Crippen molar-refractivity contribution in [2.24, 2.45) is 0 Å². The number of benzene rings is 1. The van der Waals surface area contributed by atoms with E-state index in [0.29, 0.717) is 28.2 Å². The molecule has 0 aliphatic carbocycles. The predicted molar refractivity (Wildman–Crippen MR) is 130 cm³/mol. The van der Waals surface area contributed by atoms with Crippen molar-refractivity contribution in [1.82, 2.24) is 30.0 Å². The van der Waals surface area contributed by atoms with Crippen LogP contribution in [0.1, 0.15) is 36.3 Å². The number of para-hydroxylation sites is 2. The normalized spacial score (nSPS) is 11.4. The molecule has 1 amide bonds. The van der Waals surface area contributed by atoms with Gasteiger partial charge in [0.25, 0.3) is 5.91 Å². The molecule has 10 heteroatoms. The van der Waals surface area contributed by atoms with Crippen LogP contribution in [-0.4, -0.2) is 43.3 Å². The second-order valence-corrected chi connectivity index (χ2v) is 10.1. The number of thioether (sulfide) groups is 1. The molecule has 0 radical (unpaired) electrons. The number of hydrogen-bond acceptors (Lipinski definition) is 8. The number of nitrogens with one attached hydrogen (secondary N) is 1. The fourth-order valence-electron chi connectivity index (χ4n) is 3.09. The zero-order valence-electron chi connectivity index (χ0n) is 18.8. The number of nitrogens with zero attached hydrogens (tertiary/aromatic N) is 5. The smallest absolute Gasteiger partial charge is 0.271 e. The Hall–Kier alpha value is -3.24. The molecule has 1 N–H and O–H groups in total. The Morgan fingerprint density at radius 1 is 1.18 bits per heavy atom. The summed E-state index contributed by atoms with van der Waals surface area (Å²) in [7, 11) is 1.64. The molecule has 4 rings (SSSR count). The van der Waals surface area contributed by atoms with E-state index >= 15 is 0 Å². The molecule has 33 heavy (non-hydrogen) atoms. The van der Waals surface area contributed by atoms with E-state index in [2.05, 4.69) is 25.5 Å². The minimum absolute atomic E-state index is 0.175. The van der Waals surface area contributed by atoms with Gasteiger partial charge in [-0.3, -0.25) is 14.3 Å². The minimum atomic E-state index is -0.316. The van der Waals surface area contributed by atoms with E-state index in [1.165, 1.54) is 23.1 Å². The highest BCUT2D eigenvalue weighted by molar-refractivity contribution is 7.98. The monoisotopic (exact) mass is 480 g/mol. The molecule has 8 nitrogen and oxygen atoms in total. The summed E-state index contributed by atoms with van der Waals surface area (Å²) in [6.07, 6.45) is 3.48. The Morgan fingerprint density at radius 3 is 2.73 bits per heavy atom. The summed E-state index contributed by atoms with van der Waals surface area (Å²) < 4.78 is 7.55. The second kappa shape index (κ2) is 9.72. The number of carbonyl (C=O) groups excluding carboxylic acids is 1. The fraction of sp³-hybridized carbons (Fsp3) is 0.261. The van der Waals surface area contributed by atoms with Crippen LogP contribution in [0, 0.1) is 0 Å². The van der Waals surface area contributed by atoms with Gasteiger partial charge < -0.3 is 10.1 Å². The highest BCUT2D eigenvalue weighted by Gasteiger charge is 2.21. The van der Waals surface area contributed by atoms with Crippen molar-refractivity contribution < 1.29 is 9.53 Å². The third-order valence-electron chi connectivity index (χ3n) is 4.48. The van der Waals surface area contributed by atoms with Crippen molar-refractivity contribution in [3.63, 3.8) is 0 Å². The Labute approximate surface area is 200 Å². The maximum Gasteiger partial charge on any atom is 0.271 e. The van der Waals surface area contributed by atoms with Gasteiger partial charge in [-0.15, -0.1) is 21.5 Å². The fourth-order valence-corrected chi connectivity index (χ4v) is 4.83. The van der Waals surface area contributed by atoms with Gasteiger partial charge in [-0.05, 0) is 45.0 Å². The molecule has 0 unspecified atom stereocenters. The lowest BCUT2D eigenvalue weighted by Crippen LogP contribution is -2.40. The molecule has 0 aliphatic rings. The SMILES string of the molecule is COc1ccccc1-n1c(SCc2nc(C(=O)NC(C)(C)C)cs2)nnc1-c1cccnc1. The standard InChI is InChI=1S/C23H24N6O2S2/c1-23(2,3)26-21(30)16-13-32-19(25-16)14-33-22-28-27-20(15-8-7-11-24-12-15)29(22)17-9-5-6-10-18(17)31-4/h5-13H,14H2,1-4H3,(H,26,30). The molecule has 1 aromatic carbocycles. The number of ether oxygens (including phenoxy) is 1. The zero-order valence-corrected chi connectivity index (χ0v) is 20.4. The summed E-state index contributed by atoms with van der Waals surface area (Å²) in [4.78, 5) is 21.1. The highest BCUT2D eigenvalue weighted by atomic mass is 32.2. The molecule has 3 heterocycles. The molecule has 0 fully saturated rings. The molecule has 0 atom stereocenters. The average Bonchev–Trinajstić information content (AvgIpc) is 3.44. The maximum atomic E-state index is 12.4. The number of methoxy groups -OCH3 is 1. The number of amides is 1. The Morgan fingerprint density at radius 2 is 2.00 bits per heavy atom. The second-order valence-electron chi connectivity index (χ2n) is 8.17. The van der Waals surface area contributed by atoms with Gasteiger partial charge in [0.15, 0.2) is 11.0 Å². The van der Waals surface area contributed by atoms with Crippen LogP contribution in [0.25, 0.3) is 17.1 Å². The largest absolute Gasteiger partial charge is 0.495 e. The molecule has 0 spiro atoms. The van der Waals surface area contributed by atoms with Gasteiger partial charge in [0, 0.05) is 28.9 Å². The number of carbonyl (C=O) groups is 1. The van der Waals surface area contributed by atoms with E-state index in [9.17, 15) is 4.79 Å². The lowest BCUT2D eigenvalue weighted by Gasteiger charge is -2.19. The summed E-state index contributed by atoms with van der Waals surface area (Å²) in [5.74, 6) is 1.75. The number of rotatable bonds is 7. The van der Waals surface area contributed by atoms with Crippen molar-refractivity contribution in [3.8, 4) is 22.8 Å². The van der Waals surface area contributed by atoms with Crippen LogP contribution in [0.4, 0.5) is 0 Å². The lowest BCUT2D eigenvalue weighted by molar-refractivity contribution is 0.0915. The van der Waals surface area contributed by atoms with Gasteiger partial charge in [0.05, 0.1) is 18.6 Å². The third kappa shape index (κ3) is 5.40. The number of hydrogen-bond donors (Lipinski definition) is 1. The quantitative estimate of drug-likeness (QED) is 0.386. The van der Waals surface area contributed by atoms with E-state index in [1.807, 2.05) is 61.7 Å². The first-order chi connectivity index (χ1) is 15.9. The van der Waals surface area contributed by atoms with Gasteiger partial charge in [0.1, 0.15) is 16.5 Å². The first-order valence-electron chi connectivity index (χ1n) is 10.2. The van der Waals surface area contributed by atoms with Crippen molar-refractivity contribution in [1.29, 1.82) is 0 Å². The van der Waals surface area contributed by atoms with Crippen LogP contribution in [0.2, 0.25) is 0 Å². The molecule has 4 aromatic rings. The van der Waals surface area contributed by atoms with Crippen LogP contribution in [0.5, 0.6) is 5.75 Å². The van der Waals surface area contributed by atoms with Crippen molar-refractivity contribution in [3.05, 3.63) is 64.9 Å². The first kappa shape index (κ1) is 22.9. The van der Waals surface area contributed by atoms with Crippen LogP contribution in [0.3, 0.4) is 0 Å². The molecule has 0 aliphatic heterocycles. The Kier molecular flexibility index (Phi) is 6.75. The summed E-state index contributed by atoms with van der Waals surface area (Å²) in [6, 6.07) is 11.5. The lowest BCUT2D eigenvalue weighted by atomic mass is 10.1. The van der Waals surface area contributed by atoms with Gasteiger partial charge in [0.2, 0.25) is 0 Å². The molecule has 0 saturated carbocycles. The first-order valence-corrected chi connectivity index (χ1v) is 12.1. The minimum Gasteiger partial charge on any atom is -0.495 e. The summed E-state index contributed by atoms with van der Waals surface area (Å²) >= 11 is 2.95. The summed E-state index contributed by atoms with van der Waals surface area (Å²) in [6.45, 7) is 5.83. The van der Waals surface area contributed by atoms with E-state index in [-0.39, 0.29) is 11.4 Å². The number of aromatic nitrogens is 5. The number of thiazole rings is 1. The number of pyridine rings is 1. The Bertz CT molecular complexity index is 1250. The summed E-state index contributed by atoms with van der Waals surface area (Å²) in [5, 5.41) is 15.1. The van der Waals surface area contributed by atoms with Gasteiger partial charge >= 0.3 is 0 Å². The molecule has 170 valence electrons. The molecule has 0 saturated heterocycles. The van der Waals surface area contributed by atoms with Crippen LogP contribution in [-0.2, 0) is 5.75 Å². The zero-order chi connectivity index (χ0) is 23.4. The highest BCUT2D eigenvalue weighted by Crippen LogP contribution is 2.33. The third-order valence-corrected chi connectivity index (χ3v) is 6.45. The maximum absolute atomic E-state index is 12.4.